The highest BCUT2D eigenvalue weighted by molar-refractivity contribution is 9.10. The van der Waals surface area contributed by atoms with Crippen molar-refractivity contribution in [1.82, 2.24) is 4.57 Å². The van der Waals surface area contributed by atoms with E-state index in [9.17, 15) is 9.59 Å². The number of ether oxygens (including phenoxy) is 1. The van der Waals surface area contributed by atoms with E-state index in [-0.39, 0.29) is 18.4 Å². The fourth-order valence-electron chi connectivity index (χ4n) is 2.36. The summed E-state index contributed by atoms with van der Waals surface area (Å²) in [6, 6.07) is 12.7. The van der Waals surface area contributed by atoms with Gasteiger partial charge < -0.3 is 9.30 Å². The van der Waals surface area contributed by atoms with Gasteiger partial charge in [0.1, 0.15) is 6.54 Å². The van der Waals surface area contributed by atoms with E-state index < -0.39 is 0 Å². The largest absolute Gasteiger partial charge is 0.465 e. The Bertz CT molecular complexity index is 1040. The third kappa shape index (κ3) is 4.31. The van der Waals surface area contributed by atoms with E-state index >= 15 is 0 Å². The summed E-state index contributed by atoms with van der Waals surface area (Å²) < 4.78 is 9.49. The van der Waals surface area contributed by atoms with Gasteiger partial charge in [-0.2, -0.15) is 4.99 Å². The van der Waals surface area contributed by atoms with Gasteiger partial charge in [-0.25, -0.2) is 0 Å². The molecule has 134 valence electrons. The van der Waals surface area contributed by atoms with Crippen LogP contribution in [-0.4, -0.2) is 23.1 Å². The third-order valence-corrected chi connectivity index (χ3v) is 5.59. The van der Waals surface area contributed by atoms with Crippen LogP contribution in [0.2, 0.25) is 0 Å². The second-order valence-electron chi connectivity index (χ2n) is 5.31. The molecule has 0 radical (unpaired) electrons. The lowest BCUT2D eigenvalue weighted by Gasteiger charge is -2.05. The summed E-state index contributed by atoms with van der Waals surface area (Å²) in [5, 5.41) is 0. The number of halogens is 2. The fraction of sp³-hybridized carbons (Fsp3) is 0.167. The summed E-state index contributed by atoms with van der Waals surface area (Å²) in [4.78, 5) is 29.2. The molecule has 0 aliphatic rings. The Labute approximate surface area is 170 Å². The number of nitrogens with zero attached hydrogens (tertiary/aromatic N) is 2. The van der Waals surface area contributed by atoms with Gasteiger partial charge in [0.2, 0.25) is 0 Å². The highest BCUT2D eigenvalue weighted by Gasteiger charge is 2.13. The molecule has 5 nitrogen and oxygen atoms in total. The van der Waals surface area contributed by atoms with Crippen molar-refractivity contribution in [1.29, 1.82) is 0 Å². The maximum Gasteiger partial charge on any atom is 0.326 e. The van der Waals surface area contributed by atoms with Crippen LogP contribution in [0, 0.1) is 0 Å². The summed E-state index contributed by atoms with van der Waals surface area (Å²) in [5.41, 5.74) is 1.31. The molecule has 0 bridgehead atoms. The predicted molar refractivity (Wildman–Crippen MR) is 108 cm³/mol. The van der Waals surface area contributed by atoms with Crippen LogP contribution >= 0.6 is 43.2 Å². The maximum absolute atomic E-state index is 12.5. The van der Waals surface area contributed by atoms with Gasteiger partial charge >= 0.3 is 5.97 Å². The average molecular weight is 498 g/mol. The van der Waals surface area contributed by atoms with Crippen molar-refractivity contribution >= 4 is 65.3 Å². The first-order valence-corrected chi connectivity index (χ1v) is 10.2. The van der Waals surface area contributed by atoms with Crippen molar-refractivity contribution in [3.8, 4) is 0 Å². The molecular formula is C18H14Br2N2O3S. The summed E-state index contributed by atoms with van der Waals surface area (Å²) in [7, 11) is 0. The first-order valence-electron chi connectivity index (χ1n) is 7.77. The first kappa shape index (κ1) is 19.0. The lowest BCUT2D eigenvalue weighted by Crippen LogP contribution is -2.23. The zero-order chi connectivity index (χ0) is 18.7. The first-order chi connectivity index (χ1) is 12.5. The zero-order valence-corrected chi connectivity index (χ0v) is 17.7. The Balaban J connectivity index is 2.09. The van der Waals surface area contributed by atoms with Crippen LogP contribution in [0.15, 0.2) is 56.4 Å². The molecule has 0 atom stereocenters. The van der Waals surface area contributed by atoms with Crippen LogP contribution in [0.5, 0.6) is 0 Å². The molecule has 0 saturated heterocycles. The second kappa shape index (κ2) is 8.28. The number of esters is 1. The fourth-order valence-corrected chi connectivity index (χ4v) is 4.21. The van der Waals surface area contributed by atoms with Gasteiger partial charge in [-0.1, -0.05) is 43.2 Å². The number of thiazole rings is 1. The molecule has 0 saturated carbocycles. The van der Waals surface area contributed by atoms with Crippen molar-refractivity contribution in [2.24, 2.45) is 4.99 Å². The van der Waals surface area contributed by atoms with Crippen molar-refractivity contribution < 1.29 is 14.3 Å². The van der Waals surface area contributed by atoms with Crippen molar-refractivity contribution in [3.63, 3.8) is 0 Å². The smallest absolute Gasteiger partial charge is 0.326 e. The number of hydrogen-bond acceptors (Lipinski definition) is 4. The number of carbonyl (C=O) groups is 2. The summed E-state index contributed by atoms with van der Waals surface area (Å²) in [5.74, 6) is -0.728. The summed E-state index contributed by atoms with van der Waals surface area (Å²) in [6.45, 7) is 2.06. The van der Waals surface area contributed by atoms with Crippen LogP contribution < -0.4 is 4.80 Å². The number of hydrogen-bond donors (Lipinski definition) is 0. The number of aromatic nitrogens is 1. The molecule has 1 aromatic heterocycles. The SMILES string of the molecule is CCOC(=O)Cn1c(=NC(=O)c2ccc(Br)cc2)sc2cc(Br)ccc21. The third-order valence-electron chi connectivity index (χ3n) is 3.53. The van der Waals surface area contributed by atoms with E-state index in [0.717, 1.165) is 19.2 Å². The molecule has 1 heterocycles. The zero-order valence-electron chi connectivity index (χ0n) is 13.7. The Morgan fingerprint density at radius 2 is 1.81 bits per heavy atom. The maximum atomic E-state index is 12.5. The van der Waals surface area contributed by atoms with Gasteiger partial charge in [-0.15, -0.1) is 0 Å². The quantitative estimate of drug-likeness (QED) is 0.497. The molecule has 8 heteroatoms. The van der Waals surface area contributed by atoms with Crippen molar-refractivity contribution in [2.45, 2.75) is 13.5 Å². The highest BCUT2D eigenvalue weighted by atomic mass is 79.9. The van der Waals surface area contributed by atoms with Crippen LogP contribution in [0.4, 0.5) is 0 Å². The highest BCUT2D eigenvalue weighted by Crippen LogP contribution is 2.22. The van der Waals surface area contributed by atoms with Crippen LogP contribution in [0.3, 0.4) is 0 Å². The molecule has 0 aliphatic carbocycles. The second-order valence-corrected chi connectivity index (χ2v) is 8.15. The molecule has 3 rings (SSSR count). The Kier molecular flexibility index (Phi) is 6.05. The molecule has 0 spiro atoms. The molecular weight excluding hydrogens is 484 g/mol. The van der Waals surface area contributed by atoms with E-state index in [1.807, 2.05) is 18.2 Å². The van der Waals surface area contributed by atoms with E-state index in [1.165, 1.54) is 11.3 Å². The van der Waals surface area contributed by atoms with Gasteiger partial charge in [0, 0.05) is 14.5 Å². The predicted octanol–water partition coefficient (Wildman–Crippen LogP) is 4.53. The van der Waals surface area contributed by atoms with Gasteiger partial charge in [-0.3, -0.25) is 9.59 Å². The Morgan fingerprint density at radius 1 is 1.12 bits per heavy atom. The van der Waals surface area contributed by atoms with Gasteiger partial charge in [0.15, 0.2) is 4.80 Å². The van der Waals surface area contributed by atoms with Crippen LogP contribution in [0.25, 0.3) is 10.2 Å². The average Bonchev–Trinajstić information content (AvgIpc) is 2.92. The molecule has 2 aromatic carbocycles. The molecule has 0 fully saturated rings. The van der Waals surface area contributed by atoms with E-state index in [0.29, 0.717) is 17.0 Å². The van der Waals surface area contributed by atoms with E-state index in [4.69, 9.17) is 4.74 Å². The number of carbonyl (C=O) groups excluding carboxylic acids is 2. The van der Waals surface area contributed by atoms with E-state index in [1.54, 1.807) is 35.8 Å². The Hall–Kier alpha value is -1.77. The minimum Gasteiger partial charge on any atom is -0.465 e. The lowest BCUT2D eigenvalue weighted by molar-refractivity contribution is -0.143. The topological polar surface area (TPSA) is 60.7 Å². The molecule has 1 amide bonds. The van der Waals surface area contributed by atoms with Crippen LogP contribution in [-0.2, 0) is 16.1 Å². The van der Waals surface area contributed by atoms with Crippen molar-refractivity contribution in [3.05, 3.63) is 61.8 Å². The number of amides is 1. The van der Waals surface area contributed by atoms with Crippen molar-refractivity contribution in [2.75, 3.05) is 6.61 Å². The Morgan fingerprint density at radius 3 is 2.50 bits per heavy atom. The minimum atomic E-state index is -0.368. The van der Waals surface area contributed by atoms with Crippen LogP contribution in [0.1, 0.15) is 17.3 Å². The normalized spacial score (nSPS) is 11.7. The summed E-state index contributed by atoms with van der Waals surface area (Å²) in [6.07, 6.45) is 0. The van der Waals surface area contributed by atoms with Gasteiger partial charge in [0.25, 0.3) is 5.91 Å². The minimum absolute atomic E-state index is 0.00191. The molecule has 0 unspecified atom stereocenters. The van der Waals surface area contributed by atoms with Gasteiger partial charge in [-0.05, 0) is 49.4 Å². The number of fused-ring (bicyclic) bond motifs is 1. The molecule has 0 aliphatic heterocycles. The summed E-state index contributed by atoms with van der Waals surface area (Å²) >= 11 is 8.14. The monoisotopic (exact) mass is 496 g/mol. The number of benzene rings is 2. The van der Waals surface area contributed by atoms with E-state index in [2.05, 4.69) is 36.9 Å². The molecule has 26 heavy (non-hydrogen) atoms. The standard InChI is InChI=1S/C18H14Br2N2O3S/c1-2-25-16(23)10-22-14-8-7-13(20)9-15(14)26-18(22)21-17(24)11-3-5-12(19)6-4-11/h3-9H,2,10H2,1H3. The molecule has 0 N–H and O–H groups in total. The lowest BCUT2D eigenvalue weighted by atomic mass is 10.2. The molecule has 3 aromatic rings. The number of rotatable bonds is 4. The van der Waals surface area contributed by atoms with Gasteiger partial charge in [0.05, 0.1) is 16.8 Å².